The summed E-state index contributed by atoms with van der Waals surface area (Å²) in [4.78, 5) is 22.7. The fraction of sp³-hybridized carbons (Fsp3) is 0.273. The van der Waals surface area contributed by atoms with Crippen molar-refractivity contribution in [3.63, 3.8) is 0 Å². The zero-order chi connectivity index (χ0) is 20.0. The molecular formula is C22H24IrN3O2-. The Morgan fingerprint density at radius 3 is 2.18 bits per heavy atom. The van der Waals surface area contributed by atoms with Crippen LogP contribution in [-0.4, -0.2) is 26.0 Å². The quantitative estimate of drug-likeness (QED) is 0.482. The van der Waals surface area contributed by atoms with Crippen LogP contribution in [0.3, 0.4) is 0 Å². The fourth-order valence-corrected chi connectivity index (χ4v) is 2.40. The van der Waals surface area contributed by atoms with E-state index in [1.807, 2.05) is 19.3 Å². The maximum absolute atomic E-state index is 10.3. The van der Waals surface area contributed by atoms with Crippen LogP contribution >= 0.6 is 0 Å². The third-order valence-corrected chi connectivity index (χ3v) is 4.33. The van der Waals surface area contributed by atoms with Crippen LogP contribution in [0.25, 0.3) is 11.4 Å². The minimum atomic E-state index is -0.983. The number of aromatic carboxylic acids is 1. The third-order valence-electron chi connectivity index (χ3n) is 4.33. The molecule has 0 aliphatic rings. The number of aromatic nitrogens is 3. The van der Waals surface area contributed by atoms with Crippen molar-refractivity contribution in [3.05, 3.63) is 76.4 Å². The summed E-state index contributed by atoms with van der Waals surface area (Å²) >= 11 is 0. The van der Waals surface area contributed by atoms with Gasteiger partial charge >= 0.3 is 5.97 Å². The molecule has 0 aliphatic heterocycles. The predicted octanol–water partition coefficient (Wildman–Crippen LogP) is 4.52. The number of hydrogen-bond donors (Lipinski definition) is 1. The molecule has 6 heteroatoms. The van der Waals surface area contributed by atoms with E-state index < -0.39 is 5.97 Å². The standard InChI is InChI=1S/C15H17N2.C7H7NO2.Ir/c1-5-13-8-16-15(17-9-13)14-6-10(2)12(4)11(3)7-14;1-5-2-3-8-6(4-5)7(9)10;/h6,8-9H,5H2,1-4H3;2-4H,1H3,(H,9,10);/q-1;;. The van der Waals surface area contributed by atoms with E-state index >= 15 is 0 Å². The molecule has 0 aliphatic carbocycles. The van der Waals surface area contributed by atoms with E-state index in [4.69, 9.17) is 5.11 Å². The summed E-state index contributed by atoms with van der Waals surface area (Å²) in [5, 5.41) is 8.45. The first-order valence-electron chi connectivity index (χ1n) is 8.79. The first-order chi connectivity index (χ1) is 12.8. The first-order valence-corrected chi connectivity index (χ1v) is 8.79. The van der Waals surface area contributed by atoms with E-state index in [0.29, 0.717) is 0 Å². The summed E-state index contributed by atoms with van der Waals surface area (Å²) in [5.41, 5.74) is 6.87. The average Bonchev–Trinajstić information content (AvgIpc) is 2.66. The summed E-state index contributed by atoms with van der Waals surface area (Å²) in [6.07, 6.45) is 6.23. The van der Waals surface area contributed by atoms with Gasteiger partial charge in [0.25, 0.3) is 0 Å². The summed E-state index contributed by atoms with van der Waals surface area (Å²) in [7, 11) is 0. The van der Waals surface area contributed by atoms with Crippen LogP contribution in [0.4, 0.5) is 0 Å². The van der Waals surface area contributed by atoms with Gasteiger partial charge in [-0.05, 0) is 36.6 Å². The monoisotopic (exact) mass is 555 g/mol. The number of aryl methyl sites for hydroxylation is 4. The van der Waals surface area contributed by atoms with Gasteiger partial charge < -0.3 is 5.11 Å². The van der Waals surface area contributed by atoms with Crippen molar-refractivity contribution in [3.8, 4) is 11.4 Å². The van der Waals surface area contributed by atoms with Crippen molar-refractivity contribution in [2.75, 3.05) is 0 Å². The van der Waals surface area contributed by atoms with Crippen molar-refractivity contribution in [2.24, 2.45) is 0 Å². The Hall–Kier alpha value is -2.43. The molecule has 5 nitrogen and oxygen atoms in total. The summed E-state index contributed by atoms with van der Waals surface area (Å²) in [5.74, 6) is -0.225. The Balaban J connectivity index is 0.000000307. The van der Waals surface area contributed by atoms with Crippen LogP contribution in [0.1, 0.15) is 45.2 Å². The summed E-state index contributed by atoms with van der Waals surface area (Å²) in [6.45, 7) is 10.2. The molecule has 1 aromatic carbocycles. The molecule has 28 heavy (non-hydrogen) atoms. The number of carboxylic acid groups (broad SMARTS) is 1. The van der Waals surface area contributed by atoms with Crippen molar-refractivity contribution in [2.45, 2.75) is 41.0 Å². The topological polar surface area (TPSA) is 76.0 Å². The van der Waals surface area contributed by atoms with E-state index in [-0.39, 0.29) is 25.8 Å². The largest absolute Gasteiger partial charge is 0.477 e. The van der Waals surface area contributed by atoms with Gasteiger partial charge in [0.05, 0.1) is 5.82 Å². The Bertz CT molecular complexity index is 918. The molecule has 149 valence electrons. The zero-order valence-electron chi connectivity index (χ0n) is 16.7. The molecule has 0 saturated heterocycles. The van der Waals surface area contributed by atoms with Crippen molar-refractivity contribution < 1.29 is 30.0 Å². The van der Waals surface area contributed by atoms with Crippen molar-refractivity contribution in [1.29, 1.82) is 0 Å². The number of hydrogen-bond acceptors (Lipinski definition) is 4. The van der Waals surface area contributed by atoms with E-state index in [2.05, 4.69) is 54.8 Å². The number of rotatable bonds is 3. The number of carboxylic acids is 1. The molecule has 1 radical (unpaired) electrons. The molecule has 2 heterocycles. The van der Waals surface area contributed by atoms with Crippen LogP contribution in [0.5, 0.6) is 0 Å². The fourth-order valence-electron chi connectivity index (χ4n) is 2.40. The van der Waals surface area contributed by atoms with E-state index in [0.717, 1.165) is 28.9 Å². The minimum Gasteiger partial charge on any atom is -0.477 e. The van der Waals surface area contributed by atoms with Crippen LogP contribution in [-0.2, 0) is 26.5 Å². The van der Waals surface area contributed by atoms with Gasteiger partial charge in [0.2, 0.25) is 0 Å². The van der Waals surface area contributed by atoms with E-state index in [9.17, 15) is 4.79 Å². The second-order valence-electron chi connectivity index (χ2n) is 6.41. The molecule has 3 rings (SSSR count). The number of carbonyl (C=O) groups is 1. The number of nitrogens with zero attached hydrogens (tertiary/aromatic N) is 3. The van der Waals surface area contributed by atoms with E-state index in [1.165, 1.54) is 29.0 Å². The van der Waals surface area contributed by atoms with Gasteiger partial charge in [-0.25, -0.2) is 9.78 Å². The van der Waals surface area contributed by atoms with Gasteiger partial charge in [0.15, 0.2) is 0 Å². The molecule has 1 N–H and O–H groups in total. The summed E-state index contributed by atoms with van der Waals surface area (Å²) < 4.78 is 0. The molecule has 0 fully saturated rings. The van der Waals surface area contributed by atoms with E-state index in [1.54, 1.807) is 6.07 Å². The van der Waals surface area contributed by atoms with Crippen molar-refractivity contribution in [1.82, 2.24) is 15.0 Å². The van der Waals surface area contributed by atoms with Gasteiger partial charge in [-0.1, -0.05) is 27.7 Å². The Kier molecular flexibility index (Phi) is 9.10. The van der Waals surface area contributed by atoms with Gasteiger partial charge in [-0.3, -0.25) is 9.97 Å². The van der Waals surface area contributed by atoms with Gasteiger partial charge in [0, 0.05) is 38.7 Å². The molecular weight excluding hydrogens is 530 g/mol. The SMILES string of the molecule is CCc1cnc(-c2[c-]c(C)c(C)c(C)c2)nc1.Cc1ccnc(C(=O)O)c1.[Ir]. The van der Waals surface area contributed by atoms with Crippen LogP contribution < -0.4 is 0 Å². The molecule has 0 unspecified atom stereocenters. The van der Waals surface area contributed by atoms with Crippen LogP contribution in [0.15, 0.2) is 36.8 Å². The normalized spacial score (nSPS) is 9.75. The maximum Gasteiger partial charge on any atom is 0.354 e. The van der Waals surface area contributed by atoms with Crippen LogP contribution in [0, 0.1) is 33.8 Å². The molecule has 0 saturated carbocycles. The van der Waals surface area contributed by atoms with Crippen molar-refractivity contribution >= 4 is 5.97 Å². The second kappa shape index (κ2) is 10.8. The average molecular weight is 555 g/mol. The molecule has 0 spiro atoms. The Morgan fingerprint density at radius 1 is 1.07 bits per heavy atom. The zero-order valence-corrected chi connectivity index (χ0v) is 19.1. The molecule has 2 aromatic heterocycles. The predicted molar refractivity (Wildman–Crippen MR) is 106 cm³/mol. The molecule has 0 amide bonds. The number of pyridine rings is 1. The minimum absolute atomic E-state index is 0. The smallest absolute Gasteiger partial charge is 0.354 e. The van der Waals surface area contributed by atoms with Gasteiger partial charge in [0.1, 0.15) is 5.69 Å². The Morgan fingerprint density at radius 2 is 1.71 bits per heavy atom. The molecule has 3 aromatic rings. The summed E-state index contributed by atoms with van der Waals surface area (Å²) in [6, 6.07) is 8.73. The maximum atomic E-state index is 10.3. The van der Waals surface area contributed by atoms with Crippen LogP contribution in [0.2, 0.25) is 0 Å². The second-order valence-corrected chi connectivity index (χ2v) is 6.41. The molecule has 0 atom stereocenters. The Labute approximate surface area is 179 Å². The van der Waals surface area contributed by atoms with Gasteiger partial charge in [-0.2, -0.15) is 0 Å². The molecule has 0 bridgehead atoms. The van der Waals surface area contributed by atoms with Gasteiger partial charge in [-0.15, -0.1) is 34.4 Å². The first kappa shape index (κ1) is 23.6. The third kappa shape index (κ3) is 6.32. The number of benzene rings is 1.